The molecule has 3 nitrogen and oxygen atoms in total. The van der Waals surface area contributed by atoms with Crippen LogP contribution in [0.25, 0.3) is 0 Å². The molecule has 0 amide bonds. The Morgan fingerprint density at radius 1 is 1.06 bits per heavy atom. The van der Waals surface area contributed by atoms with E-state index in [1.54, 1.807) is 11.0 Å². The number of halogens is 1. The van der Waals surface area contributed by atoms with E-state index in [1.807, 2.05) is 0 Å². The van der Waals surface area contributed by atoms with Crippen molar-refractivity contribution in [1.29, 1.82) is 5.26 Å². The van der Waals surface area contributed by atoms with Gasteiger partial charge in [-0.05, 0) is 12.8 Å². The molecule has 18 heavy (non-hydrogen) atoms. The van der Waals surface area contributed by atoms with Crippen LogP contribution in [0.15, 0.2) is 0 Å². The van der Waals surface area contributed by atoms with Gasteiger partial charge in [-0.3, -0.25) is 0 Å². The van der Waals surface area contributed by atoms with Gasteiger partial charge in [-0.25, -0.2) is 0 Å². The quantitative estimate of drug-likeness (QED) is 0.593. The van der Waals surface area contributed by atoms with E-state index in [-0.39, 0.29) is 12.4 Å². The van der Waals surface area contributed by atoms with Gasteiger partial charge < -0.3 is 22.0 Å². The highest BCUT2D eigenvalue weighted by molar-refractivity contribution is 4.51. The largest absolute Gasteiger partial charge is 1.00 e. The Balaban J connectivity index is 0. The second-order valence-corrected chi connectivity index (χ2v) is 4.60. The maximum absolute atomic E-state index is 7.32. The molecule has 0 bridgehead atoms. The standard InChI is InChI=1S/C12H25NO.C2H3N.ClH/c1-2-3-4-5-6-7-8-13-9-11-14-12-10-13;1-2-3;/h2-12H2,1H3;1H3;1H. The smallest absolute Gasteiger partial charge is 0.101 e. The van der Waals surface area contributed by atoms with Crippen LogP contribution < -0.4 is 17.3 Å². The molecule has 0 atom stereocenters. The van der Waals surface area contributed by atoms with Crippen molar-refractivity contribution in [3.05, 3.63) is 0 Å². The number of hydrogen-bond acceptors (Lipinski definition) is 2. The molecule has 0 radical (unpaired) electrons. The van der Waals surface area contributed by atoms with Gasteiger partial charge in [0.25, 0.3) is 0 Å². The first-order valence-electron chi connectivity index (χ1n) is 7.07. The summed E-state index contributed by atoms with van der Waals surface area (Å²) >= 11 is 0. The third-order valence-electron chi connectivity index (χ3n) is 3.08. The first-order valence-corrected chi connectivity index (χ1v) is 7.07. The van der Waals surface area contributed by atoms with E-state index < -0.39 is 0 Å². The topological polar surface area (TPSA) is 37.5 Å². The third-order valence-corrected chi connectivity index (χ3v) is 3.08. The fraction of sp³-hybridized carbons (Fsp3) is 0.929. The highest BCUT2D eigenvalue weighted by Crippen LogP contribution is 2.03. The number of nitrogens with one attached hydrogen (secondary N) is 1. The van der Waals surface area contributed by atoms with Crippen molar-refractivity contribution in [2.45, 2.75) is 52.4 Å². The van der Waals surface area contributed by atoms with Crippen molar-refractivity contribution < 1.29 is 22.0 Å². The Kier molecular flexibility index (Phi) is 18.6. The number of nitrogens with zero attached hydrogens (tertiary/aromatic N) is 1. The van der Waals surface area contributed by atoms with Gasteiger partial charge in [-0.15, -0.1) is 0 Å². The number of hydrogen-bond donors (Lipinski definition) is 1. The maximum atomic E-state index is 7.32. The van der Waals surface area contributed by atoms with Crippen LogP contribution in [0.3, 0.4) is 0 Å². The summed E-state index contributed by atoms with van der Waals surface area (Å²) < 4.78 is 5.34. The lowest BCUT2D eigenvalue weighted by atomic mass is 10.1. The average Bonchev–Trinajstić information content (AvgIpc) is 2.36. The molecule has 1 aliphatic heterocycles. The predicted octanol–water partition coefficient (Wildman–Crippen LogP) is -1.20. The second-order valence-electron chi connectivity index (χ2n) is 4.60. The number of quaternary nitrogens is 1. The lowest BCUT2D eigenvalue weighted by molar-refractivity contribution is -0.908. The fourth-order valence-corrected chi connectivity index (χ4v) is 2.07. The van der Waals surface area contributed by atoms with Gasteiger partial charge in [0.15, 0.2) is 0 Å². The zero-order valence-electron chi connectivity index (χ0n) is 12.0. The fourth-order valence-electron chi connectivity index (χ4n) is 2.07. The van der Waals surface area contributed by atoms with Crippen molar-refractivity contribution in [3.8, 4) is 6.07 Å². The number of morpholine rings is 1. The molecular weight excluding hydrogens is 248 g/mol. The van der Waals surface area contributed by atoms with Crippen LogP contribution in [-0.4, -0.2) is 32.8 Å². The second kappa shape index (κ2) is 16.7. The Bertz CT molecular complexity index is 189. The van der Waals surface area contributed by atoms with Crippen molar-refractivity contribution in [2.24, 2.45) is 0 Å². The molecule has 0 aromatic rings. The average molecular weight is 277 g/mol. The molecule has 0 spiro atoms. The van der Waals surface area contributed by atoms with Crippen molar-refractivity contribution in [1.82, 2.24) is 0 Å². The van der Waals surface area contributed by atoms with E-state index in [1.165, 1.54) is 65.1 Å². The molecule has 1 fully saturated rings. The molecule has 0 aromatic heterocycles. The first-order chi connectivity index (χ1) is 8.35. The Labute approximate surface area is 119 Å². The summed E-state index contributed by atoms with van der Waals surface area (Å²) in [4.78, 5) is 1.76. The molecule has 4 heteroatoms. The first kappa shape index (κ1) is 20.0. The Morgan fingerprint density at radius 3 is 2.11 bits per heavy atom. The van der Waals surface area contributed by atoms with Crippen LogP contribution in [0.4, 0.5) is 0 Å². The minimum absolute atomic E-state index is 0. The van der Waals surface area contributed by atoms with Gasteiger partial charge >= 0.3 is 0 Å². The van der Waals surface area contributed by atoms with Crippen molar-refractivity contribution in [2.75, 3.05) is 32.8 Å². The predicted molar refractivity (Wildman–Crippen MR) is 71.0 cm³/mol. The molecule has 0 aromatic carbocycles. The van der Waals surface area contributed by atoms with E-state index in [2.05, 4.69) is 6.92 Å². The molecule has 0 saturated carbocycles. The summed E-state index contributed by atoms with van der Waals surface area (Å²) in [6.07, 6.45) is 8.51. The van der Waals surface area contributed by atoms with Crippen molar-refractivity contribution in [3.63, 3.8) is 0 Å². The normalized spacial score (nSPS) is 14.9. The third kappa shape index (κ3) is 13.8. The summed E-state index contributed by atoms with van der Waals surface area (Å²) in [6.45, 7) is 9.49. The van der Waals surface area contributed by atoms with Gasteiger partial charge in [0.1, 0.15) is 13.1 Å². The molecule has 0 unspecified atom stereocenters. The minimum atomic E-state index is 0. The summed E-state index contributed by atoms with van der Waals surface area (Å²) in [5, 5.41) is 7.32. The van der Waals surface area contributed by atoms with Crippen LogP contribution in [0.5, 0.6) is 0 Å². The SMILES string of the molecule is CC#N.CCCCCCCC[NH+]1CCOCC1.[Cl-]. The van der Waals surface area contributed by atoms with Gasteiger partial charge in [0, 0.05) is 6.92 Å². The van der Waals surface area contributed by atoms with Crippen LogP contribution in [0.1, 0.15) is 52.4 Å². The number of nitriles is 1. The van der Waals surface area contributed by atoms with E-state index in [0.29, 0.717) is 0 Å². The summed E-state index contributed by atoms with van der Waals surface area (Å²) in [6, 6.07) is 1.75. The van der Waals surface area contributed by atoms with Crippen LogP contribution in [0.2, 0.25) is 0 Å². The van der Waals surface area contributed by atoms with E-state index in [4.69, 9.17) is 10.00 Å². The molecule has 1 heterocycles. The summed E-state index contributed by atoms with van der Waals surface area (Å²) in [5.74, 6) is 0. The number of rotatable bonds is 7. The Morgan fingerprint density at radius 2 is 1.56 bits per heavy atom. The van der Waals surface area contributed by atoms with Gasteiger partial charge in [0.2, 0.25) is 0 Å². The lowest BCUT2D eigenvalue weighted by Crippen LogP contribution is -3.14. The van der Waals surface area contributed by atoms with Crippen LogP contribution in [-0.2, 0) is 4.74 Å². The van der Waals surface area contributed by atoms with Gasteiger partial charge in [-0.2, -0.15) is 5.26 Å². The number of ether oxygens (including phenoxy) is 1. The van der Waals surface area contributed by atoms with E-state index in [9.17, 15) is 0 Å². The molecule has 1 saturated heterocycles. The molecular formula is C14H29ClN2O. The molecule has 1 rings (SSSR count). The Hall–Kier alpha value is -0.300. The highest BCUT2D eigenvalue weighted by Gasteiger charge is 2.12. The molecule has 1 aliphatic rings. The lowest BCUT2D eigenvalue weighted by Gasteiger charge is -2.23. The summed E-state index contributed by atoms with van der Waals surface area (Å²) in [7, 11) is 0. The van der Waals surface area contributed by atoms with Gasteiger partial charge in [0.05, 0.1) is 25.8 Å². The highest BCUT2D eigenvalue weighted by atomic mass is 35.5. The van der Waals surface area contributed by atoms with Crippen LogP contribution >= 0.6 is 0 Å². The van der Waals surface area contributed by atoms with Crippen LogP contribution in [0, 0.1) is 11.3 Å². The van der Waals surface area contributed by atoms with E-state index in [0.717, 1.165) is 13.2 Å². The minimum Gasteiger partial charge on any atom is -1.00 e. The molecule has 108 valence electrons. The summed E-state index contributed by atoms with van der Waals surface area (Å²) in [5.41, 5.74) is 0. The zero-order valence-corrected chi connectivity index (χ0v) is 12.8. The zero-order chi connectivity index (χ0) is 12.8. The molecule has 1 N–H and O–H groups in total. The maximum Gasteiger partial charge on any atom is 0.101 e. The van der Waals surface area contributed by atoms with Crippen molar-refractivity contribution >= 4 is 0 Å². The van der Waals surface area contributed by atoms with Gasteiger partial charge in [-0.1, -0.05) is 32.6 Å². The molecule has 0 aliphatic carbocycles. The monoisotopic (exact) mass is 276 g/mol. The number of unbranched alkanes of at least 4 members (excludes halogenated alkanes) is 5. The van der Waals surface area contributed by atoms with E-state index >= 15 is 0 Å².